The van der Waals surface area contributed by atoms with Crippen LogP contribution in [-0.2, 0) is 4.79 Å². The Bertz CT molecular complexity index is 970. The average Bonchev–Trinajstić information content (AvgIpc) is 2.72. The molecule has 0 aliphatic rings. The highest BCUT2D eigenvalue weighted by Crippen LogP contribution is 2.29. The Kier molecular flexibility index (Phi) is 6.22. The van der Waals surface area contributed by atoms with Crippen molar-refractivity contribution in [1.82, 2.24) is 10.3 Å². The van der Waals surface area contributed by atoms with Crippen molar-refractivity contribution in [3.63, 3.8) is 0 Å². The highest BCUT2D eigenvalue weighted by atomic mass is 16.5. The zero-order valence-corrected chi connectivity index (χ0v) is 16.0. The van der Waals surface area contributed by atoms with Crippen molar-refractivity contribution in [2.75, 3.05) is 11.9 Å². The SMILES string of the molecule is CCC(C)COc1ccc(-c2cc(NC(=N)NC=O)c3ccccc3n2)cc1. The van der Waals surface area contributed by atoms with E-state index >= 15 is 0 Å². The fourth-order valence-electron chi connectivity index (χ4n) is 2.73. The highest BCUT2D eigenvalue weighted by molar-refractivity contribution is 6.04. The monoisotopic (exact) mass is 376 g/mol. The molecular formula is C22H24N4O2. The molecule has 6 nitrogen and oxygen atoms in total. The molecule has 144 valence electrons. The molecule has 1 amide bonds. The van der Waals surface area contributed by atoms with Gasteiger partial charge in [0.05, 0.1) is 23.5 Å². The van der Waals surface area contributed by atoms with E-state index in [2.05, 4.69) is 24.5 Å². The van der Waals surface area contributed by atoms with Crippen molar-refractivity contribution in [3.8, 4) is 17.0 Å². The van der Waals surface area contributed by atoms with Crippen molar-refractivity contribution < 1.29 is 9.53 Å². The number of hydrogen-bond acceptors (Lipinski definition) is 4. The van der Waals surface area contributed by atoms with E-state index in [0.717, 1.165) is 34.3 Å². The van der Waals surface area contributed by atoms with Crippen LogP contribution >= 0.6 is 0 Å². The van der Waals surface area contributed by atoms with Crippen LogP contribution in [-0.4, -0.2) is 24.0 Å². The molecule has 1 atom stereocenters. The van der Waals surface area contributed by atoms with Gasteiger partial charge in [0.1, 0.15) is 5.75 Å². The van der Waals surface area contributed by atoms with Crippen molar-refractivity contribution in [1.29, 1.82) is 5.41 Å². The van der Waals surface area contributed by atoms with Crippen LogP contribution in [0.5, 0.6) is 5.75 Å². The van der Waals surface area contributed by atoms with Gasteiger partial charge in [0.25, 0.3) is 0 Å². The van der Waals surface area contributed by atoms with Crippen molar-refractivity contribution in [3.05, 3.63) is 54.6 Å². The molecule has 0 aliphatic heterocycles. The maximum absolute atomic E-state index is 10.6. The molecule has 1 heterocycles. The smallest absolute Gasteiger partial charge is 0.213 e. The number of aromatic nitrogens is 1. The van der Waals surface area contributed by atoms with Gasteiger partial charge in [0.15, 0.2) is 5.96 Å². The number of fused-ring (bicyclic) bond motifs is 1. The second kappa shape index (κ2) is 8.99. The van der Waals surface area contributed by atoms with Gasteiger partial charge < -0.3 is 10.1 Å². The average molecular weight is 376 g/mol. The topological polar surface area (TPSA) is 87.1 Å². The van der Waals surface area contributed by atoms with E-state index in [0.29, 0.717) is 24.6 Å². The predicted octanol–water partition coefficient (Wildman–Crippen LogP) is 4.42. The Hall–Kier alpha value is -3.41. The van der Waals surface area contributed by atoms with Crippen LogP contribution in [0.1, 0.15) is 20.3 Å². The van der Waals surface area contributed by atoms with Gasteiger partial charge in [-0.25, -0.2) is 4.98 Å². The molecule has 3 aromatic rings. The first-order chi connectivity index (χ1) is 13.6. The molecular weight excluding hydrogens is 352 g/mol. The Balaban J connectivity index is 1.90. The van der Waals surface area contributed by atoms with Gasteiger partial charge >= 0.3 is 0 Å². The number of nitrogens with one attached hydrogen (secondary N) is 3. The highest BCUT2D eigenvalue weighted by Gasteiger charge is 2.09. The van der Waals surface area contributed by atoms with E-state index in [4.69, 9.17) is 15.1 Å². The predicted molar refractivity (Wildman–Crippen MR) is 113 cm³/mol. The Morgan fingerprint density at radius 2 is 1.96 bits per heavy atom. The fourth-order valence-corrected chi connectivity index (χ4v) is 2.73. The second-order valence-electron chi connectivity index (χ2n) is 6.68. The van der Waals surface area contributed by atoms with Crippen LogP contribution in [0.25, 0.3) is 22.2 Å². The van der Waals surface area contributed by atoms with Crippen LogP contribution in [0.15, 0.2) is 54.6 Å². The molecule has 0 fully saturated rings. The summed E-state index contributed by atoms with van der Waals surface area (Å²) in [6.45, 7) is 5.02. The first kappa shape index (κ1) is 19.4. The summed E-state index contributed by atoms with van der Waals surface area (Å²) in [5.74, 6) is 1.26. The lowest BCUT2D eigenvalue weighted by Gasteiger charge is -2.13. The number of guanidine groups is 1. The van der Waals surface area contributed by atoms with Gasteiger partial charge in [-0.1, -0.05) is 38.5 Å². The standard InChI is InChI=1S/C22H24N4O2/c1-3-15(2)13-28-17-10-8-16(9-11-17)20-12-21(26-22(23)24-14-27)18-6-4-5-7-19(18)25-20/h4-12,14-15H,3,13H2,1-2H3,(H3,23,24,25,26,27). The minimum absolute atomic E-state index is 0.0916. The van der Waals surface area contributed by atoms with Gasteiger partial charge in [0, 0.05) is 10.9 Å². The zero-order chi connectivity index (χ0) is 19.9. The molecule has 0 saturated heterocycles. The van der Waals surface area contributed by atoms with E-state index in [1.165, 1.54) is 0 Å². The molecule has 28 heavy (non-hydrogen) atoms. The number of para-hydroxylation sites is 1. The number of anilines is 1. The summed E-state index contributed by atoms with van der Waals surface area (Å²) in [5.41, 5.74) is 3.23. The second-order valence-corrected chi connectivity index (χ2v) is 6.68. The quantitative estimate of drug-likeness (QED) is 0.324. The van der Waals surface area contributed by atoms with E-state index in [-0.39, 0.29) is 5.96 Å². The number of rotatable bonds is 7. The summed E-state index contributed by atoms with van der Waals surface area (Å²) in [6, 6.07) is 17.4. The molecule has 0 saturated carbocycles. The third-order valence-electron chi connectivity index (χ3n) is 4.56. The van der Waals surface area contributed by atoms with Gasteiger partial charge in [-0.2, -0.15) is 0 Å². The van der Waals surface area contributed by atoms with E-state index in [1.807, 2.05) is 54.6 Å². The largest absolute Gasteiger partial charge is 0.493 e. The van der Waals surface area contributed by atoms with Crippen molar-refractivity contribution in [2.24, 2.45) is 5.92 Å². The number of nitrogens with zero attached hydrogens (tertiary/aromatic N) is 1. The first-order valence-electron chi connectivity index (χ1n) is 9.29. The van der Waals surface area contributed by atoms with Gasteiger partial charge in [-0.3, -0.25) is 15.5 Å². The lowest BCUT2D eigenvalue weighted by atomic mass is 10.1. The summed E-state index contributed by atoms with van der Waals surface area (Å²) in [7, 11) is 0. The molecule has 0 bridgehead atoms. The molecule has 1 aromatic heterocycles. The molecule has 3 N–H and O–H groups in total. The fraction of sp³-hybridized carbons (Fsp3) is 0.227. The number of pyridine rings is 1. The summed E-state index contributed by atoms with van der Waals surface area (Å²) in [4.78, 5) is 15.3. The van der Waals surface area contributed by atoms with Gasteiger partial charge in [-0.15, -0.1) is 0 Å². The minimum Gasteiger partial charge on any atom is -0.493 e. The minimum atomic E-state index is -0.0916. The molecule has 0 radical (unpaired) electrons. The molecule has 6 heteroatoms. The lowest BCUT2D eigenvalue weighted by Crippen LogP contribution is -2.28. The van der Waals surface area contributed by atoms with Gasteiger partial charge in [0.2, 0.25) is 6.41 Å². The summed E-state index contributed by atoms with van der Waals surface area (Å²) >= 11 is 0. The number of carbonyl (C=O) groups is 1. The third-order valence-corrected chi connectivity index (χ3v) is 4.56. The molecule has 0 aliphatic carbocycles. The summed E-state index contributed by atoms with van der Waals surface area (Å²) in [6.07, 6.45) is 1.56. The number of hydrogen-bond donors (Lipinski definition) is 3. The zero-order valence-electron chi connectivity index (χ0n) is 16.0. The van der Waals surface area contributed by atoms with Crippen LogP contribution < -0.4 is 15.4 Å². The van der Waals surface area contributed by atoms with Gasteiger partial charge in [-0.05, 0) is 42.3 Å². The van der Waals surface area contributed by atoms with E-state index in [1.54, 1.807) is 0 Å². The van der Waals surface area contributed by atoms with Crippen LogP contribution in [0.4, 0.5) is 5.69 Å². The Morgan fingerprint density at radius 3 is 2.68 bits per heavy atom. The van der Waals surface area contributed by atoms with E-state index in [9.17, 15) is 4.79 Å². The number of benzene rings is 2. The third kappa shape index (κ3) is 4.65. The Morgan fingerprint density at radius 1 is 1.21 bits per heavy atom. The molecule has 1 unspecified atom stereocenters. The molecule has 0 spiro atoms. The molecule has 2 aromatic carbocycles. The maximum atomic E-state index is 10.6. The van der Waals surface area contributed by atoms with Crippen molar-refractivity contribution >= 4 is 29.0 Å². The maximum Gasteiger partial charge on any atom is 0.213 e. The normalized spacial score (nSPS) is 11.6. The summed E-state index contributed by atoms with van der Waals surface area (Å²) in [5, 5.41) is 13.9. The van der Waals surface area contributed by atoms with Crippen LogP contribution in [0, 0.1) is 11.3 Å². The van der Waals surface area contributed by atoms with E-state index < -0.39 is 0 Å². The van der Waals surface area contributed by atoms with Crippen LogP contribution in [0.2, 0.25) is 0 Å². The summed E-state index contributed by atoms with van der Waals surface area (Å²) < 4.78 is 5.82. The number of carbonyl (C=O) groups excluding carboxylic acids is 1. The number of amides is 1. The first-order valence-corrected chi connectivity index (χ1v) is 9.29. The lowest BCUT2D eigenvalue weighted by molar-refractivity contribution is -0.108. The molecule has 3 rings (SSSR count). The Labute approximate surface area is 164 Å². The van der Waals surface area contributed by atoms with Crippen LogP contribution in [0.3, 0.4) is 0 Å². The number of ether oxygens (including phenoxy) is 1. The van der Waals surface area contributed by atoms with Crippen molar-refractivity contribution in [2.45, 2.75) is 20.3 Å².